The van der Waals surface area contributed by atoms with Crippen LogP contribution in [0.2, 0.25) is 0 Å². The van der Waals surface area contributed by atoms with Gasteiger partial charge in [-0.25, -0.2) is 4.79 Å². The fourth-order valence-electron chi connectivity index (χ4n) is 3.99. The number of carbonyl (C=O) groups excluding carboxylic acids is 2. The third-order valence-corrected chi connectivity index (χ3v) is 5.18. The van der Waals surface area contributed by atoms with Crippen LogP contribution < -0.4 is 0 Å². The highest BCUT2D eigenvalue weighted by molar-refractivity contribution is 5.89. The molecule has 0 unspecified atom stereocenters. The van der Waals surface area contributed by atoms with Gasteiger partial charge in [-0.05, 0) is 24.0 Å². The van der Waals surface area contributed by atoms with Gasteiger partial charge in [-0.2, -0.15) is 13.2 Å². The van der Waals surface area contributed by atoms with Crippen LogP contribution in [0.5, 0.6) is 0 Å². The first-order chi connectivity index (χ1) is 12.6. The molecule has 2 atom stereocenters. The van der Waals surface area contributed by atoms with Gasteiger partial charge in [0, 0.05) is 26.7 Å². The van der Waals surface area contributed by atoms with Gasteiger partial charge in [-0.15, -0.1) is 0 Å². The number of hydrogen-bond acceptors (Lipinski definition) is 2. The van der Waals surface area contributed by atoms with Crippen LogP contribution in [0, 0.1) is 5.92 Å². The minimum Gasteiger partial charge on any atom is -0.342 e. The van der Waals surface area contributed by atoms with E-state index in [4.69, 9.17) is 0 Å². The zero-order chi connectivity index (χ0) is 19.9. The van der Waals surface area contributed by atoms with Gasteiger partial charge >= 0.3 is 12.2 Å². The van der Waals surface area contributed by atoms with Crippen molar-refractivity contribution in [3.63, 3.8) is 0 Å². The smallest absolute Gasteiger partial charge is 0.342 e. The van der Waals surface area contributed by atoms with Gasteiger partial charge in [-0.1, -0.05) is 32.0 Å². The topological polar surface area (TPSA) is 43.9 Å². The summed E-state index contributed by atoms with van der Waals surface area (Å²) < 4.78 is 39.8. The van der Waals surface area contributed by atoms with Gasteiger partial charge in [0.15, 0.2) is 0 Å². The van der Waals surface area contributed by atoms with Crippen LogP contribution in [0.1, 0.15) is 31.4 Å². The molecular formula is C19H24F3N3O2. The monoisotopic (exact) mass is 383 g/mol. The number of nitrogens with zero attached hydrogens (tertiary/aromatic N) is 3. The fraction of sp³-hybridized carbons (Fsp3) is 0.579. The molecule has 0 N–H and O–H groups in total. The summed E-state index contributed by atoms with van der Waals surface area (Å²) in [4.78, 5) is 30.1. The maximum Gasteiger partial charge on any atom is 0.416 e. The van der Waals surface area contributed by atoms with Gasteiger partial charge in [0.25, 0.3) is 0 Å². The highest BCUT2D eigenvalue weighted by Gasteiger charge is 2.48. The molecule has 1 aromatic carbocycles. The molecule has 3 amide bonds. The van der Waals surface area contributed by atoms with Crippen molar-refractivity contribution in [3.8, 4) is 0 Å². The third-order valence-electron chi connectivity index (χ3n) is 5.18. The van der Waals surface area contributed by atoms with E-state index in [1.807, 2.05) is 13.8 Å². The lowest BCUT2D eigenvalue weighted by atomic mass is 9.98. The Kier molecular flexibility index (Phi) is 5.10. The minimum atomic E-state index is -4.47. The average molecular weight is 383 g/mol. The van der Waals surface area contributed by atoms with Crippen LogP contribution >= 0.6 is 0 Å². The maximum absolute atomic E-state index is 13.3. The van der Waals surface area contributed by atoms with Crippen LogP contribution in [0.4, 0.5) is 18.0 Å². The number of halogens is 3. The molecular weight excluding hydrogens is 359 g/mol. The van der Waals surface area contributed by atoms with E-state index in [2.05, 4.69) is 0 Å². The van der Waals surface area contributed by atoms with Crippen LogP contribution in [0.3, 0.4) is 0 Å². The lowest BCUT2D eigenvalue weighted by Crippen LogP contribution is -2.60. The van der Waals surface area contributed by atoms with Crippen molar-refractivity contribution in [1.82, 2.24) is 14.7 Å². The molecule has 8 heteroatoms. The van der Waals surface area contributed by atoms with Crippen molar-refractivity contribution in [2.45, 2.75) is 45.1 Å². The minimum absolute atomic E-state index is 0.0679. The van der Waals surface area contributed by atoms with Gasteiger partial charge in [0.05, 0.1) is 11.6 Å². The maximum atomic E-state index is 13.3. The lowest BCUT2D eigenvalue weighted by molar-refractivity contribution is -0.140. The second kappa shape index (κ2) is 7.05. The molecule has 2 aliphatic heterocycles. The zero-order valence-electron chi connectivity index (χ0n) is 15.7. The fourth-order valence-corrected chi connectivity index (χ4v) is 3.99. The number of piperazine rings is 1. The summed E-state index contributed by atoms with van der Waals surface area (Å²) in [6.45, 7) is 4.56. The van der Waals surface area contributed by atoms with E-state index in [0.717, 1.165) is 6.07 Å². The van der Waals surface area contributed by atoms with Gasteiger partial charge in [0.2, 0.25) is 5.91 Å². The Morgan fingerprint density at radius 3 is 2.44 bits per heavy atom. The molecule has 2 fully saturated rings. The van der Waals surface area contributed by atoms with E-state index in [-0.39, 0.29) is 36.0 Å². The predicted octanol–water partition coefficient (Wildman–Crippen LogP) is 3.20. The van der Waals surface area contributed by atoms with Crippen molar-refractivity contribution >= 4 is 11.9 Å². The number of urea groups is 1. The molecule has 148 valence electrons. The largest absolute Gasteiger partial charge is 0.416 e. The first-order valence-electron chi connectivity index (χ1n) is 9.07. The zero-order valence-corrected chi connectivity index (χ0v) is 15.7. The Morgan fingerprint density at radius 1 is 1.15 bits per heavy atom. The second-order valence-electron chi connectivity index (χ2n) is 7.74. The molecule has 0 bridgehead atoms. The molecule has 5 nitrogen and oxygen atoms in total. The first-order valence-corrected chi connectivity index (χ1v) is 9.07. The average Bonchev–Trinajstić information content (AvgIpc) is 2.86. The van der Waals surface area contributed by atoms with Gasteiger partial charge in [-0.3, -0.25) is 4.79 Å². The molecule has 2 saturated heterocycles. The van der Waals surface area contributed by atoms with E-state index >= 15 is 0 Å². The quantitative estimate of drug-likeness (QED) is 0.802. The number of amides is 3. The number of hydrogen-bond donors (Lipinski definition) is 0. The van der Waals surface area contributed by atoms with E-state index in [9.17, 15) is 22.8 Å². The highest BCUT2D eigenvalue weighted by Crippen LogP contribution is 2.34. The standard InChI is InChI=1S/C19H24F3N3O2/c1-12(2)8-16-17(26)23(3)10-14-11-24(18(27)25(14)16)9-13-6-4-5-7-15(13)19(20,21)22/h4-7,12,14,16H,8-11H2,1-3H3/t14-,16+/m1/s1. The Hall–Kier alpha value is -2.25. The number of carbonyl (C=O) groups is 2. The molecule has 0 saturated carbocycles. The predicted molar refractivity (Wildman–Crippen MR) is 93.8 cm³/mol. The second-order valence-corrected chi connectivity index (χ2v) is 7.74. The molecule has 0 aliphatic carbocycles. The van der Waals surface area contributed by atoms with Crippen LogP contribution in [-0.4, -0.2) is 58.9 Å². The van der Waals surface area contributed by atoms with E-state index in [1.165, 1.54) is 23.1 Å². The van der Waals surface area contributed by atoms with Gasteiger partial charge < -0.3 is 14.7 Å². The van der Waals surface area contributed by atoms with Crippen molar-refractivity contribution in [1.29, 1.82) is 0 Å². The normalized spacial score (nSPS) is 23.4. The highest BCUT2D eigenvalue weighted by atomic mass is 19.4. The molecule has 0 spiro atoms. The summed E-state index contributed by atoms with van der Waals surface area (Å²) in [6.07, 6.45) is -3.93. The summed E-state index contributed by atoms with van der Waals surface area (Å²) in [7, 11) is 1.71. The molecule has 0 radical (unpaired) electrons. The van der Waals surface area contributed by atoms with Crippen LogP contribution in [0.25, 0.3) is 0 Å². The van der Waals surface area contributed by atoms with E-state index < -0.39 is 17.8 Å². The van der Waals surface area contributed by atoms with Crippen LogP contribution in [0.15, 0.2) is 24.3 Å². The molecule has 0 aromatic heterocycles. The number of benzene rings is 1. The van der Waals surface area contributed by atoms with E-state index in [0.29, 0.717) is 19.5 Å². The molecule has 2 heterocycles. The summed E-state index contributed by atoms with van der Waals surface area (Å²) in [5.74, 6) is 0.116. The third kappa shape index (κ3) is 3.75. The van der Waals surface area contributed by atoms with Crippen molar-refractivity contribution in [3.05, 3.63) is 35.4 Å². The summed E-state index contributed by atoms with van der Waals surface area (Å²) >= 11 is 0. The Labute approximate surface area is 156 Å². The lowest BCUT2D eigenvalue weighted by Gasteiger charge is -2.41. The number of alkyl halides is 3. The molecule has 3 rings (SSSR count). The summed E-state index contributed by atoms with van der Waals surface area (Å²) in [6, 6.07) is 4.21. The molecule has 1 aromatic rings. The Bertz CT molecular complexity index is 735. The summed E-state index contributed by atoms with van der Waals surface area (Å²) in [5, 5.41) is 0. The van der Waals surface area contributed by atoms with Crippen molar-refractivity contribution in [2.24, 2.45) is 5.92 Å². The van der Waals surface area contributed by atoms with Crippen molar-refractivity contribution < 1.29 is 22.8 Å². The summed E-state index contributed by atoms with van der Waals surface area (Å²) in [5.41, 5.74) is -0.659. The number of fused-ring (bicyclic) bond motifs is 1. The number of rotatable bonds is 4. The first kappa shape index (κ1) is 19.5. The Balaban J connectivity index is 1.85. The van der Waals surface area contributed by atoms with E-state index in [1.54, 1.807) is 16.8 Å². The molecule has 27 heavy (non-hydrogen) atoms. The number of likely N-dealkylation sites (N-methyl/N-ethyl adjacent to an activating group) is 1. The van der Waals surface area contributed by atoms with Crippen LogP contribution in [-0.2, 0) is 17.5 Å². The molecule has 2 aliphatic rings. The van der Waals surface area contributed by atoms with Crippen molar-refractivity contribution in [2.75, 3.05) is 20.1 Å². The SMILES string of the molecule is CC(C)C[C@H]1C(=O)N(C)C[C@@H]2CN(Cc3ccccc3C(F)(F)F)C(=O)N21. The van der Waals surface area contributed by atoms with Gasteiger partial charge in [0.1, 0.15) is 6.04 Å². The Morgan fingerprint density at radius 2 is 1.81 bits per heavy atom.